The molecule has 2 aromatic rings. The number of benzene rings is 2. The Morgan fingerprint density at radius 3 is 2.50 bits per heavy atom. The van der Waals surface area contributed by atoms with Crippen molar-refractivity contribution in [1.29, 1.82) is 0 Å². The number of aryl methyl sites for hydroxylation is 1. The molecule has 2 aromatic carbocycles. The van der Waals surface area contributed by atoms with Crippen LogP contribution in [0.15, 0.2) is 53.0 Å². The van der Waals surface area contributed by atoms with Crippen LogP contribution in [0.3, 0.4) is 0 Å². The van der Waals surface area contributed by atoms with Gasteiger partial charge in [-0.3, -0.25) is 4.79 Å². The van der Waals surface area contributed by atoms with E-state index in [1.165, 1.54) is 0 Å². The zero-order valence-corrected chi connectivity index (χ0v) is 13.0. The van der Waals surface area contributed by atoms with Crippen LogP contribution in [0.2, 0.25) is 0 Å². The molecule has 3 nitrogen and oxygen atoms in total. The second-order valence-electron chi connectivity index (χ2n) is 4.49. The summed E-state index contributed by atoms with van der Waals surface area (Å²) in [5, 5.41) is 2.87. The summed E-state index contributed by atoms with van der Waals surface area (Å²) in [5.74, 6) is 0.481. The quantitative estimate of drug-likeness (QED) is 0.912. The van der Waals surface area contributed by atoms with Gasteiger partial charge in [0.1, 0.15) is 5.75 Å². The van der Waals surface area contributed by atoms with Gasteiger partial charge in [-0.2, -0.15) is 0 Å². The maximum atomic E-state index is 12.1. The van der Waals surface area contributed by atoms with Crippen LogP contribution in [0, 0.1) is 6.92 Å². The SMILES string of the molecule is Cc1ccccc1NC(=O)C(C)Oc1ccccc1Br. The van der Waals surface area contributed by atoms with Crippen molar-refractivity contribution in [3.05, 3.63) is 58.6 Å². The lowest BCUT2D eigenvalue weighted by atomic mass is 10.2. The van der Waals surface area contributed by atoms with Crippen molar-refractivity contribution in [2.75, 3.05) is 5.32 Å². The van der Waals surface area contributed by atoms with Crippen LogP contribution in [-0.2, 0) is 4.79 Å². The van der Waals surface area contributed by atoms with E-state index < -0.39 is 6.10 Å². The first-order valence-corrected chi connectivity index (χ1v) is 7.15. The highest BCUT2D eigenvalue weighted by atomic mass is 79.9. The van der Waals surface area contributed by atoms with Crippen LogP contribution in [0.25, 0.3) is 0 Å². The molecule has 2 rings (SSSR count). The smallest absolute Gasteiger partial charge is 0.265 e. The zero-order valence-electron chi connectivity index (χ0n) is 11.4. The minimum Gasteiger partial charge on any atom is -0.480 e. The molecule has 1 amide bonds. The first kappa shape index (κ1) is 14.6. The number of hydrogen-bond acceptors (Lipinski definition) is 2. The summed E-state index contributed by atoms with van der Waals surface area (Å²) in [7, 11) is 0. The number of carbonyl (C=O) groups excluding carboxylic acids is 1. The van der Waals surface area contributed by atoms with E-state index >= 15 is 0 Å². The van der Waals surface area contributed by atoms with Gasteiger partial charge < -0.3 is 10.1 Å². The summed E-state index contributed by atoms with van der Waals surface area (Å²) in [6, 6.07) is 15.1. The van der Waals surface area contributed by atoms with Crippen LogP contribution < -0.4 is 10.1 Å². The predicted molar refractivity (Wildman–Crippen MR) is 84.0 cm³/mol. The van der Waals surface area contributed by atoms with E-state index in [-0.39, 0.29) is 5.91 Å². The summed E-state index contributed by atoms with van der Waals surface area (Å²) < 4.78 is 6.49. The van der Waals surface area contributed by atoms with Gasteiger partial charge in [0, 0.05) is 5.69 Å². The number of para-hydroxylation sites is 2. The summed E-state index contributed by atoms with van der Waals surface area (Å²) in [4.78, 5) is 12.1. The molecule has 1 N–H and O–H groups in total. The molecule has 0 aliphatic rings. The van der Waals surface area contributed by atoms with Gasteiger partial charge in [-0.15, -0.1) is 0 Å². The molecule has 0 aromatic heterocycles. The predicted octanol–water partition coefficient (Wildman–Crippen LogP) is 4.16. The molecule has 0 aliphatic carbocycles. The third-order valence-corrected chi connectivity index (χ3v) is 3.57. The number of anilines is 1. The Hall–Kier alpha value is -1.81. The number of rotatable bonds is 4. The molecule has 20 heavy (non-hydrogen) atoms. The molecule has 4 heteroatoms. The standard InChI is InChI=1S/C16H16BrNO2/c1-11-7-3-5-9-14(11)18-16(19)12(2)20-15-10-6-4-8-13(15)17/h3-10,12H,1-2H3,(H,18,19). The van der Waals surface area contributed by atoms with E-state index in [1.54, 1.807) is 6.92 Å². The fourth-order valence-corrected chi connectivity index (χ4v) is 2.11. The van der Waals surface area contributed by atoms with E-state index in [0.29, 0.717) is 5.75 Å². The molecule has 1 atom stereocenters. The molecular weight excluding hydrogens is 318 g/mol. The molecule has 0 saturated carbocycles. The van der Waals surface area contributed by atoms with Crippen molar-refractivity contribution in [3.63, 3.8) is 0 Å². The van der Waals surface area contributed by atoms with Gasteiger partial charge in [-0.1, -0.05) is 30.3 Å². The van der Waals surface area contributed by atoms with Gasteiger partial charge in [-0.05, 0) is 53.5 Å². The van der Waals surface area contributed by atoms with Crippen molar-refractivity contribution in [3.8, 4) is 5.75 Å². The minimum atomic E-state index is -0.576. The van der Waals surface area contributed by atoms with Gasteiger partial charge in [0.2, 0.25) is 0 Å². The number of nitrogens with one attached hydrogen (secondary N) is 1. The highest BCUT2D eigenvalue weighted by molar-refractivity contribution is 9.10. The van der Waals surface area contributed by atoms with Crippen molar-refractivity contribution in [2.45, 2.75) is 20.0 Å². The van der Waals surface area contributed by atoms with E-state index in [2.05, 4.69) is 21.2 Å². The second-order valence-corrected chi connectivity index (χ2v) is 5.35. The molecule has 0 fully saturated rings. The Labute approximate surface area is 127 Å². The monoisotopic (exact) mass is 333 g/mol. The third kappa shape index (κ3) is 3.61. The summed E-state index contributed by atoms with van der Waals surface area (Å²) >= 11 is 3.40. The van der Waals surface area contributed by atoms with Crippen LogP contribution >= 0.6 is 15.9 Å². The first-order valence-electron chi connectivity index (χ1n) is 6.35. The lowest BCUT2D eigenvalue weighted by Crippen LogP contribution is -2.30. The average Bonchev–Trinajstić information content (AvgIpc) is 2.43. The van der Waals surface area contributed by atoms with E-state index in [4.69, 9.17) is 4.74 Å². The van der Waals surface area contributed by atoms with Crippen LogP contribution in [0.4, 0.5) is 5.69 Å². The van der Waals surface area contributed by atoms with E-state index in [0.717, 1.165) is 15.7 Å². The molecule has 1 unspecified atom stereocenters. The van der Waals surface area contributed by atoms with Gasteiger partial charge in [-0.25, -0.2) is 0 Å². The van der Waals surface area contributed by atoms with Crippen LogP contribution in [-0.4, -0.2) is 12.0 Å². The third-order valence-electron chi connectivity index (χ3n) is 2.91. The molecule has 0 heterocycles. The largest absolute Gasteiger partial charge is 0.480 e. The van der Waals surface area contributed by atoms with Crippen molar-refractivity contribution in [2.24, 2.45) is 0 Å². The van der Waals surface area contributed by atoms with Crippen LogP contribution in [0.1, 0.15) is 12.5 Å². The normalized spacial score (nSPS) is 11.8. The fraction of sp³-hybridized carbons (Fsp3) is 0.188. The summed E-state index contributed by atoms with van der Waals surface area (Å²) in [6.07, 6.45) is -0.576. The molecular formula is C16H16BrNO2. The lowest BCUT2D eigenvalue weighted by Gasteiger charge is -2.16. The van der Waals surface area contributed by atoms with E-state index in [9.17, 15) is 4.79 Å². The fourth-order valence-electron chi connectivity index (χ4n) is 1.73. The number of hydrogen-bond donors (Lipinski definition) is 1. The van der Waals surface area contributed by atoms with Gasteiger partial charge in [0.15, 0.2) is 6.10 Å². The first-order chi connectivity index (χ1) is 9.58. The Bertz CT molecular complexity index is 613. The Morgan fingerprint density at radius 1 is 1.15 bits per heavy atom. The number of carbonyl (C=O) groups is 1. The molecule has 0 bridgehead atoms. The number of halogens is 1. The van der Waals surface area contributed by atoms with Crippen molar-refractivity contribution in [1.82, 2.24) is 0 Å². The van der Waals surface area contributed by atoms with Gasteiger partial charge in [0.05, 0.1) is 4.47 Å². The van der Waals surface area contributed by atoms with E-state index in [1.807, 2.05) is 55.5 Å². The molecule has 0 radical (unpaired) electrons. The van der Waals surface area contributed by atoms with Crippen molar-refractivity contribution >= 4 is 27.5 Å². The highest BCUT2D eigenvalue weighted by Gasteiger charge is 2.16. The van der Waals surface area contributed by atoms with Gasteiger partial charge in [0.25, 0.3) is 5.91 Å². The molecule has 0 aliphatic heterocycles. The Morgan fingerprint density at radius 2 is 1.80 bits per heavy atom. The zero-order chi connectivity index (χ0) is 14.5. The summed E-state index contributed by atoms with van der Waals surface area (Å²) in [5.41, 5.74) is 1.83. The van der Waals surface area contributed by atoms with Crippen molar-refractivity contribution < 1.29 is 9.53 Å². The highest BCUT2D eigenvalue weighted by Crippen LogP contribution is 2.25. The Balaban J connectivity index is 2.03. The topological polar surface area (TPSA) is 38.3 Å². The lowest BCUT2D eigenvalue weighted by molar-refractivity contribution is -0.122. The number of amides is 1. The van der Waals surface area contributed by atoms with Crippen LogP contribution in [0.5, 0.6) is 5.75 Å². The molecule has 0 saturated heterocycles. The Kier molecular flexibility index (Phi) is 4.79. The molecule has 0 spiro atoms. The summed E-state index contributed by atoms with van der Waals surface area (Å²) in [6.45, 7) is 3.68. The minimum absolute atomic E-state index is 0.171. The second kappa shape index (κ2) is 6.57. The maximum absolute atomic E-state index is 12.1. The molecule has 104 valence electrons. The maximum Gasteiger partial charge on any atom is 0.265 e. The van der Waals surface area contributed by atoms with Gasteiger partial charge >= 0.3 is 0 Å². The average molecular weight is 334 g/mol. The number of ether oxygens (including phenoxy) is 1.